The smallest absolute Gasteiger partial charge is 0.211 e. The van der Waals surface area contributed by atoms with Crippen LogP contribution >= 0.6 is 0 Å². The van der Waals surface area contributed by atoms with Gasteiger partial charge in [-0.2, -0.15) is 4.39 Å². The Labute approximate surface area is 118 Å². The highest BCUT2D eigenvalue weighted by Gasteiger charge is 2.27. The Morgan fingerprint density at radius 3 is 2.52 bits per heavy atom. The Morgan fingerprint density at radius 2 is 1.81 bits per heavy atom. The van der Waals surface area contributed by atoms with Gasteiger partial charge in [0.25, 0.3) is 0 Å². The van der Waals surface area contributed by atoms with Crippen molar-refractivity contribution in [2.45, 2.75) is 6.42 Å². The Kier molecular flexibility index (Phi) is 2.94. The summed E-state index contributed by atoms with van der Waals surface area (Å²) in [5.41, 5.74) is 1.22. The number of benzene rings is 2. The lowest BCUT2D eigenvalue weighted by Crippen LogP contribution is -2.07. The molecular weight excluding hydrogens is 280 g/mol. The minimum absolute atomic E-state index is 0.0134. The number of carbonyl (C=O) groups is 1. The minimum atomic E-state index is -1.34. The first-order chi connectivity index (χ1) is 10.0. The average Bonchev–Trinajstić information content (AvgIpc) is 2.81. The fourth-order valence-corrected chi connectivity index (χ4v) is 2.37. The SMILES string of the molecule is O=C1/C(=N\O)Cc2ccc(-c3ccc(O)c(F)c3F)cc21. The summed E-state index contributed by atoms with van der Waals surface area (Å²) in [6.45, 7) is 0. The molecule has 21 heavy (non-hydrogen) atoms. The van der Waals surface area contributed by atoms with E-state index in [1.807, 2.05) is 0 Å². The van der Waals surface area contributed by atoms with Crippen molar-refractivity contribution in [1.82, 2.24) is 0 Å². The van der Waals surface area contributed by atoms with Crippen molar-refractivity contribution in [2.75, 3.05) is 0 Å². The van der Waals surface area contributed by atoms with E-state index in [0.717, 1.165) is 6.07 Å². The molecule has 0 saturated heterocycles. The van der Waals surface area contributed by atoms with E-state index >= 15 is 0 Å². The van der Waals surface area contributed by atoms with Crippen LogP contribution in [0.1, 0.15) is 15.9 Å². The molecule has 106 valence electrons. The standard InChI is InChI=1S/C15H9F2NO3/c16-13-9(3-4-12(19)14(13)17)7-1-2-8-6-11(18-21)15(20)10(8)5-7/h1-5,19,21H,6H2/b18-11-. The third-order valence-electron chi connectivity index (χ3n) is 3.47. The third-order valence-corrected chi connectivity index (χ3v) is 3.47. The van der Waals surface area contributed by atoms with E-state index in [1.165, 1.54) is 12.1 Å². The summed E-state index contributed by atoms with van der Waals surface area (Å²) in [6.07, 6.45) is 0.206. The number of ketones is 1. The molecule has 4 nitrogen and oxygen atoms in total. The molecule has 0 unspecified atom stereocenters. The van der Waals surface area contributed by atoms with Crippen LogP contribution in [-0.4, -0.2) is 21.8 Å². The van der Waals surface area contributed by atoms with Gasteiger partial charge in [-0.1, -0.05) is 17.3 Å². The zero-order valence-electron chi connectivity index (χ0n) is 10.6. The maximum Gasteiger partial charge on any atom is 0.211 e. The van der Waals surface area contributed by atoms with Gasteiger partial charge in [0.2, 0.25) is 11.6 Å². The van der Waals surface area contributed by atoms with Gasteiger partial charge in [0.15, 0.2) is 11.6 Å². The number of carbonyl (C=O) groups excluding carboxylic acids is 1. The molecule has 3 rings (SSSR count). The fraction of sp³-hybridized carbons (Fsp3) is 0.0667. The van der Waals surface area contributed by atoms with Crippen LogP contribution < -0.4 is 0 Å². The van der Waals surface area contributed by atoms with Crippen molar-refractivity contribution in [3.8, 4) is 16.9 Å². The van der Waals surface area contributed by atoms with E-state index in [9.17, 15) is 13.6 Å². The first-order valence-corrected chi connectivity index (χ1v) is 6.09. The third kappa shape index (κ3) is 1.96. The molecule has 6 heteroatoms. The molecule has 2 aromatic rings. The summed E-state index contributed by atoms with van der Waals surface area (Å²) >= 11 is 0. The van der Waals surface area contributed by atoms with E-state index < -0.39 is 23.2 Å². The van der Waals surface area contributed by atoms with E-state index in [-0.39, 0.29) is 17.7 Å². The summed E-state index contributed by atoms with van der Waals surface area (Å²) in [4.78, 5) is 11.9. The first-order valence-electron chi connectivity index (χ1n) is 6.09. The number of rotatable bonds is 1. The molecule has 0 amide bonds. The molecule has 1 aliphatic carbocycles. The second-order valence-electron chi connectivity index (χ2n) is 4.68. The summed E-state index contributed by atoms with van der Waals surface area (Å²) in [6, 6.07) is 6.84. The second-order valence-corrected chi connectivity index (χ2v) is 4.68. The molecule has 0 spiro atoms. The van der Waals surface area contributed by atoms with Gasteiger partial charge in [-0.25, -0.2) is 4.39 Å². The molecule has 0 bridgehead atoms. The summed E-state index contributed by atoms with van der Waals surface area (Å²) in [5, 5.41) is 20.8. The van der Waals surface area contributed by atoms with E-state index in [1.54, 1.807) is 12.1 Å². The molecule has 0 aromatic heterocycles. The van der Waals surface area contributed by atoms with Gasteiger partial charge in [0.1, 0.15) is 5.71 Å². The number of hydrogen-bond donors (Lipinski definition) is 2. The van der Waals surface area contributed by atoms with Crippen molar-refractivity contribution in [2.24, 2.45) is 5.16 Å². The normalized spacial score (nSPS) is 15.5. The molecule has 2 aromatic carbocycles. The van der Waals surface area contributed by atoms with E-state index in [0.29, 0.717) is 16.7 Å². The van der Waals surface area contributed by atoms with Crippen molar-refractivity contribution < 1.29 is 23.9 Å². The van der Waals surface area contributed by atoms with E-state index in [4.69, 9.17) is 10.3 Å². The van der Waals surface area contributed by atoms with Crippen molar-refractivity contribution >= 4 is 11.5 Å². The topological polar surface area (TPSA) is 69.9 Å². The number of Topliss-reactive ketones (excluding diaryl/α,β-unsaturated/α-hetero) is 1. The Morgan fingerprint density at radius 1 is 1.05 bits per heavy atom. The van der Waals surface area contributed by atoms with E-state index in [2.05, 4.69) is 5.16 Å². The van der Waals surface area contributed by atoms with Crippen molar-refractivity contribution in [1.29, 1.82) is 0 Å². The van der Waals surface area contributed by atoms with Gasteiger partial charge >= 0.3 is 0 Å². The molecule has 0 atom stereocenters. The van der Waals surface area contributed by atoms with Gasteiger partial charge in [-0.05, 0) is 29.3 Å². The maximum atomic E-state index is 13.9. The Balaban J connectivity index is 2.14. The second kappa shape index (κ2) is 4.66. The van der Waals surface area contributed by atoms with Gasteiger partial charge in [-0.15, -0.1) is 0 Å². The molecule has 0 aliphatic heterocycles. The van der Waals surface area contributed by atoms with Crippen molar-refractivity contribution in [3.63, 3.8) is 0 Å². The lowest BCUT2D eigenvalue weighted by Gasteiger charge is -2.07. The van der Waals surface area contributed by atoms with Crippen LogP contribution in [-0.2, 0) is 6.42 Å². The predicted molar refractivity (Wildman–Crippen MR) is 70.7 cm³/mol. The van der Waals surface area contributed by atoms with Crippen LogP contribution in [0.3, 0.4) is 0 Å². The lowest BCUT2D eigenvalue weighted by atomic mass is 9.99. The Hall–Kier alpha value is -2.76. The molecule has 0 fully saturated rings. The van der Waals surface area contributed by atoms with Crippen LogP contribution in [0.4, 0.5) is 8.78 Å². The van der Waals surface area contributed by atoms with Crippen molar-refractivity contribution in [3.05, 3.63) is 53.1 Å². The molecule has 2 N–H and O–H groups in total. The van der Waals surface area contributed by atoms with Crippen LogP contribution in [0, 0.1) is 11.6 Å². The summed E-state index contributed by atoms with van der Waals surface area (Å²) in [5.74, 6) is -3.73. The van der Waals surface area contributed by atoms with Gasteiger partial charge in [0, 0.05) is 17.5 Å². The Bertz CT molecular complexity index is 800. The molecule has 1 aliphatic rings. The highest BCUT2D eigenvalue weighted by Crippen LogP contribution is 2.32. The zero-order chi connectivity index (χ0) is 15.1. The molecule has 0 saturated carbocycles. The predicted octanol–water partition coefficient (Wildman–Crippen LogP) is 2.91. The molecule has 0 radical (unpaired) electrons. The number of fused-ring (bicyclic) bond motifs is 1. The number of hydrogen-bond acceptors (Lipinski definition) is 4. The molecular formula is C15H9F2NO3. The highest BCUT2D eigenvalue weighted by molar-refractivity contribution is 6.49. The summed E-state index contributed by atoms with van der Waals surface area (Å²) < 4.78 is 27.3. The van der Waals surface area contributed by atoms with Gasteiger partial charge in [0.05, 0.1) is 0 Å². The number of nitrogens with zero attached hydrogens (tertiary/aromatic N) is 1. The van der Waals surface area contributed by atoms with Gasteiger partial charge in [-0.3, -0.25) is 4.79 Å². The number of halogens is 2. The number of phenolic OH excluding ortho intramolecular Hbond substituents is 1. The summed E-state index contributed by atoms with van der Waals surface area (Å²) in [7, 11) is 0. The average molecular weight is 289 g/mol. The fourth-order valence-electron chi connectivity index (χ4n) is 2.37. The largest absolute Gasteiger partial charge is 0.505 e. The number of aromatic hydroxyl groups is 1. The highest BCUT2D eigenvalue weighted by atomic mass is 19.2. The van der Waals surface area contributed by atoms with Crippen LogP contribution in [0.25, 0.3) is 11.1 Å². The lowest BCUT2D eigenvalue weighted by molar-refractivity contribution is 0.106. The molecule has 0 heterocycles. The van der Waals surface area contributed by atoms with Gasteiger partial charge < -0.3 is 10.3 Å². The quantitative estimate of drug-likeness (QED) is 0.626. The minimum Gasteiger partial charge on any atom is -0.505 e. The van der Waals surface area contributed by atoms with Crippen LogP contribution in [0.5, 0.6) is 5.75 Å². The number of oxime groups is 1. The zero-order valence-corrected chi connectivity index (χ0v) is 10.6. The number of phenols is 1. The first kappa shape index (κ1) is 13.2. The van der Waals surface area contributed by atoms with Crippen LogP contribution in [0.2, 0.25) is 0 Å². The van der Waals surface area contributed by atoms with Crippen LogP contribution in [0.15, 0.2) is 35.5 Å². The monoisotopic (exact) mass is 289 g/mol. The maximum absolute atomic E-state index is 13.9.